The molecule has 1 aliphatic heterocycles. The minimum Gasteiger partial charge on any atom is -0.268 e. The van der Waals surface area contributed by atoms with Crippen LogP contribution in [0.1, 0.15) is 20.7 Å². The molecule has 2 aromatic rings. The van der Waals surface area contributed by atoms with Gasteiger partial charge in [0.1, 0.15) is 5.82 Å². The van der Waals surface area contributed by atoms with E-state index in [1.165, 1.54) is 24.3 Å². The smallest absolute Gasteiger partial charge is 0.268 e. The molecule has 110 valence electrons. The molecule has 0 saturated carbocycles. The molecule has 8 heteroatoms. The van der Waals surface area contributed by atoms with Crippen LogP contribution in [-0.4, -0.2) is 16.7 Å². The minimum atomic E-state index is -1.36. The highest BCUT2D eigenvalue weighted by Gasteiger charge is 2.41. The van der Waals surface area contributed by atoms with Gasteiger partial charge in [-0.2, -0.15) is 0 Å². The number of nitrogens with zero attached hydrogens (tertiary/aromatic N) is 2. The maximum absolute atomic E-state index is 14.0. The fraction of sp³-hybridized carbons (Fsp3) is 0. The lowest BCUT2D eigenvalue weighted by molar-refractivity contribution is -0.384. The Kier molecular flexibility index (Phi) is 2.94. The van der Waals surface area contributed by atoms with Gasteiger partial charge in [-0.05, 0) is 12.1 Å². The second kappa shape index (κ2) is 4.69. The number of hydrogen-bond donors (Lipinski definition) is 0. The van der Waals surface area contributed by atoms with Crippen LogP contribution >= 0.6 is 0 Å². The average molecular weight is 304 g/mol. The number of imide groups is 1. The molecule has 0 saturated heterocycles. The molecular formula is C14H6F2N2O4. The van der Waals surface area contributed by atoms with E-state index in [0.29, 0.717) is 17.0 Å². The van der Waals surface area contributed by atoms with E-state index < -0.39 is 39.7 Å². The SMILES string of the molecule is O=C1c2ccccc2C(=O)N1c1c(F)cc(F)cc1[N+](=O)[O-]. The summed E-state index contributed by atoms with van der Waals surface area (Å²) in [5.74, 6) is -4.32. The molecule has 3 rings (SSSR count). The van der Waals surface area contributed by atoms with E-state index in [0.717, 1.165) is 0 Å². The second-order valence-electron chi connectivity index (χ2n) is 4.50. The van der Waals surface area contributed by atoms with Crippen molar-refractivity contribution in [2.24, 2.45) is 0 Å². The molecular weight excluding hydrogens is 298 g/mol. The number of hydrogen-bond acceptors (Lipinski definition) is 4. The van der Waals surface area contributed by atoms with Crippen LogP contribution < -0.4 is 4.90 Å². The van der Waals surface area contributed by atoms with Crippen molar-refractivity contribution in [1.29, 1.82) is 0 Å². The van der Waals surface area contributed by atoms with E-state index >= 15 is 0 Å². The fourth-order valence-electron chi connectivity index (χ4n) is 2.31. The largest absolute Gasteiger partial charge is 0.299 e. The van der Waals surface area contributed by atoms with Crippen molar-refractivity contribution in [2.45, 2.75) is 0 Å². The standard InChI is InChI=1S/C14H6F2N2O4/c15-7-5-10(16)12(11(6-7)18(21)22)17-13(19)8-3-1-2-4-9(8)14(17)20/h1-6H. The number of anilines is 1. The van der Waals surface area contributed by atoms with Crippen molar-refractivity contribution >= 4 is 23.2 Å². The van der Waals surface area contributed by atoms with Crippen LogP contribution in [-0.2, 0) is 0 Å². The van der Waals surface area contributed by atoms with Crippen molar-refractivity contribution in [3.05, 3.63) is 69.3 Å². The first kappa shape index (κ1) is 13.8. The maximum Gasteiger partial charge on any atom is 0.299 e. The first-order valence-corrected chi connectivity index (χ1v) is 6.03. The number of nitro groups is 1. The normalized spacial score (nSPS) is 13.5. The molecule has 1 heterocycles. The summed E-state index contributed by atoms with van der Waals surface area (Å²) in [6, 6.07) is 6.55. The lowest BCUT2D eigenvalue weighted by atomic mass is 10.1. The summed E-state index contributed by atoms with van der Waals surface area (Å²) in [5, 5.41) is 11.0. The predicted molar refractivity (Wildman–Crippen MR) is 70.6 cm³/mol. The molecule has 0 spiro atoms. The Labute approximate surface area is 121 Å². The quantitative estimate of drug-likeness (QED) is 0.485. The third kappa shape index (κ3) is 1.85. The van der Waals surface area contributed by atoms with Gasteiger partial charge in [0.15, 0.2) is 11.5 Å². The number of rotatable bonds is 2. The van der Waals surface area contributed by atoms with E-state index in [1.54, 1.807) is 0 Å². The van der Waals surface area contributed by atoms with Gasteiger partial charge in [0.05, 0.1) is 22.1 Å². The minimum absolute atomic E-state index is 0.00511. The highest BCUT2D eigenvalue weighted by atomic mass is 19.1. The van der Waals surface area contributed by atoms with Gasteiger partial charge in [-0.15, -0.1) is 0 Å². The number of benzene rings is 2. The van der Waals surface area contributed by atoms with E-state index in [9.17, 15) is 28.5 Å². The van der Waals surface area contributed by atoms with Crippen molar-refractivity contribution in [1.82, 2.24) is 0 Å². The van der Waals surface area contributed by atoms with Gasteiger partial charge < -0.3 is 0 Å². The average Bonchev–Trinajstić information content (AvgIpc) is 2.71. The Balaban J connectivity index is 2.24. The molecule has 0 radical (unpaired) electrons. The number of halogens is 2. The third-order valence-electron chi connectivity index (χ3n) is 3.22. The zero-order valence-electron chi connectivity index (χ0n) is 10.7. The summed E-state index contributed by atoms with van der Waals surface area (Å²) in [6.45, 7) is 0. The Morgan fingerprint density at radius 2 is 1.55 bits per heavy atom. The number of amides is 2. The Hall–Kier alpha value is -3.16. The van der Waals surface area contributed by atoms with Crippen molar-refractivity contribution in [3.8, 4) is 0 Å². The summed E-state index contributed by atoms with van der Waals surface area (Å²) >= 11 is 0. The number of fused-ring (bicyclic) bond motifs is 1. The Morgan fingerprint density at radius 1 is 1.00 bits per heavy atom. The van der Waals surface area contributed by atoms with Crippen molar-refractivity contribution < 1.29 is 23.3 Å². The summed E-state index contributed by atoms with van der Waals surface area (Å²) in [7, 11) is 0. The summed E-state index contributed by atoms with van der Waals surface area (Å²) in [5.41, 5.74) is -1.85. The van der Waals surface area contributed by atoms with Gasteiger partial charge in [-0.25, -0.2) is 13.7 Å². The van der Waals surface area contributed by atoms with Gasteiger partial charge in [0.25, 0.3) is 17.5 Å². The second-order valence-corrected chi connectivity index (χ2v) is 4.50. The molecule has 0 bridgehead atoms. The molecule has 0 aromatic heterocycles. The molecule has 22 heavy (non-hydrogen) atoms. The van der Waals surface area contributed by atoms with Crippen LogP contribution in [0.4, 0.5) is 20.2 Å². The molecule has 2 aromatic carbocycles. The fourth-order valence-corrected chi connectivity index (χ4v) is 2.31. The molecule has 1 aliphatic rings. The number of carbonyl (C=O) groups excluding carboxylic acids is 2. The predicted octanol–water partition coefficient (Wildman–Crippen LogP) is 2.67. The van der Waals surface area contributed by atoms with Gasteiger partial charge in [-0.1, -0.05) is 12.1 Å². The van der Waals surface area contributed by atoms with Crippen LogP contribution in [0.25, 0.3) is 0 Å². The first-order chi connectivity index (χ1) is 10.4. The van der Waals surface area contributed by atoms with E-state index in [-0.39, 0.29) is 11.1 Å². The van der Waals surface area contributed by atoms with Crippen LogP contribution in [0.2, 0.25) is 0 Å². The van der Waals surface area contributed by atoms with Crippen LogP contribution in [0, 0.1) is 21.7 Å². The maximum atomic E-state index is 14.0. The highest BCUT2D eigenvalue weighted by Crippen LogP contribution is 2.37. The molecule has 0 fully saturated rings. The van der Waals surface area contributed by atoms with E-state index in [1.807, 2.05) is 0 Å². The summed E-state index contributed by atoms with van der Waals surface area (Å²) in [4.78, 5) is 34.8. The summed E-state index contributed by atoms with van der Waals surface area (Å²) < 4.78 is 27.2. The van der Waals surface area contributed by atoms with E-state index in [4.69, 9.17) is 0 Å². The Bertz CT molecular complexity index is 816. The van der Waals surface area contributed by atoms with Crippen LogP contribution in [0.15, 0.2) is 36.4 Å². The van der Waals surface area contributed by atoms with E-state index in [2.05, 4.69) is 0 Å². The van der Waals surface area contributed by atoms with Crippen LogP contribution in [0.5, 0.6) is 0 Å². The third-order valence-corrected chi connectivity index (χ3v) is 3.22. The molecule has 0 N–H and O–H groups in total. The topological polar surface area (TPSA) is 80.5 Å². The van der Waals surface area contributed by atoms with Gasteiger partial charge >= 0.3 is 0 Å². The lowest BCUT2D eigenvalue weighted by Gasteiger charge is -2.14. The molecule has 0 atom stereocenters. The molecule has 2 amide bonds. The van der Waals surface area contributed by atoms with Gasteiger partial charge in [0, 0.05) is 6.07 Å². The molecule has 6 nitrogen and oxygen atoms in total. The highest BCUT2D eigenvalue weighted by molar-refractivity contribution is 6.35. The lowest BCUT2D eigenvalue weighted by Crippen LogP contribution is -2.31. The molecule has 0 unspecified atom stereocenters. The van der Waals surface area contributed by atoms with Crippen molar-refractivity contribution in [2.75, 3.05) is 4.90 Å². The zero-order chi connectivity index (χ0) is 16.0. The van der Waals surface area contributed by atoms with Gasteiger partial charge in [0.2, 0.25) is 0 Å². The van der Waals surface area contributed by atoms with Gasteiger partial charge in [-0.3, -0.25) is 19.7 Å². The first-order valence-electron chi connectivity index (χ1n) is 6.03. The zero-order valence-corrected chi connectivity index (χ0v) is 10.7. The Morgan fingerprint density at radius 3 is 2.05 bits per heavy atom. The molecule has 0 aliphatic carbocycles. The summed E-state index contributed by atoms with van der Waals surface area (Å²) in [6.07, 6.45) is 0. The number of carbonyl (C=O) groups is 2. The number of nitro benzene ring substituents is 1. The monoisotopic (exact) mass is 304 g/mol. The van der Waals surface area contributed by atoms with Crippen molar-refractivity contribution in [3.63, 3.8) is 0 Å². The van der Waals surface area contributed by atoms with Crippen LogP contribution in [0.3, 0.4) is 0 Å².